The Morgan fingerprint density at radius 1 is 0.667 bits per heavy atom. The summed E-state index contributed by atoms with van der Waals surface area (Å²) in [4.78, 5) is 33.3. The molecule has 5 rings (SSSR count). The van der Waals surface area contributed by atoms with Gasteiger partial charge in [-0.05, 0) is 58.7 Å². The topological polar surface area (TPSA) is 135 Å². The number of carbonyl (C=O) groups is 2. The summed E-state index contributed by atoms with van der Waals surface area (Å²) in [5, 5.41) is 5.77. The minimum absolute atomic E-state index is 0.0864. The molecule has 6 N–H and O–H groups in total. The van der Waals surface area contributed by atoms with Crippen molar-refractivity contribution in [2.75, 3.05) is 23.7 Å². The Kier molecular flexibility index (Phi) is 6.71. The summed E-state index contributed by atoms with van der Waals surface area (Å²) >= 11 is 0. The lowest BCUT2D eigenvalue weighted by molar-refractivity contribution is -0.116. The first-order chi connectivity index (χ1) is 17.5. The maximum Gasteiger partial charge on any atom is 0.225 e. The summed E-state index contributed by atoms with van der Waals surface area (Å²) in [5.74, 6) is -0.173. The summed E-state index contributed by atoms with van der Waals surface area (Å²) < 4.78 is 0. The fraction of sp³-hybridized carbons (Fsp3) is 0.214. The van der Waals surface area contributed by atoms with E-state index < -0.39 is 0 Å². The normalized spacial score (nSPS) is 13.5. The Labute approximate surface area is 209 Å². The van der Waals surface area contributed by atoms with E-state index in [1.165, 1.54) is 0 Å². The standard InChI is InChI=1S/C28H28N6O2/c29-11-9-27(35)31-21-5-7-23-19(13-21)15-25(33-23)17-1-2-18(4-3-17)26-16-20-14-22(6-8-24(20)34-26)32-28(36)10-12-30/h1-8,13-14H,9-12,15-16,29-30H2,(H,31,35)(H,32,36). The van der Waals surface area contributed by atoms with Gasteiger partial charge < -0.3 is 22.1 Å². The number of fused-ring (bicyclic) bond motifs is 2. The van der Waals surface area contributed by atoms with Crippen molar-refractivity contribution in [3.05, 3.63) is 82.9 Å². The van der Waals surface area contributed by atoms with Crippen molar-refractivity contribution < 1.29 is 9.59 Å². The van der Waals surface area contributed by atoms with Crippen LogP contribution in [0.2, 0.25) is 0 Å². The van der Waals surface area contributed by atoms with Crippen LogP contribution in [-0.2, 0) is 22.4 Å². The maximum absolute atomic E-state index is 11.8. The number of aliphatic imine (C=N–C) groups is 2. The van der Waals surface area contributed by atoms with Gasteiger partial charge in [0.2, 0.25) is 11.8 Å². The molecule has 2 heterocycles. The summed E-state index contributed by atoms with van der Waals surface area (Å²) in [6, 6.07) is 19.9. The second kappa shape index (κ2) is 10.2. The fourth-order valence-electron chi connectivity index (χ4n) is 4.46. The lowest BCUT2D eigenvalue weighted by atomic mass is 9.99. The van der Waals surface area contributed by atoms with Gasteiger partial charge in [-0.2, -0.15) is 0 Å². The van der Waals surface area contributed by atoms with E-state index >= 15 is 0 Å². The number of benzene rings is 3. The Hall–Kier alpha value is -4.14. The van der Waals surface area contributed by atoms with Crippen molar-refractivity contribution in [1.82, 2.24) is 0 Å². The molecule has 0 atom stereocenters. The minimum atomic E-state index is -0.0864. The monoisotopic (exact) mass is 480 g/mol. The first kappa shape index (κ1) is 23.6. The third-order valence-corrected chi connectivity index (χ3v) is 6.25. The van der Waals surface area contributed by atoms with E-state index in [9.17, 15) is 9.59 Å². The molecule has 182 valence electrons. The number of hydrogen-bond donors (Lipinski definition) is 4. The lowest BCUT2D eigenvalue weighted by Crippen LogP contribution is -2.16. The molecule has 36 heavy (non-hydrogen) atoms. The molecule has 3 aromatic rings. The van der Waals surface area contributed by atoms with Gasteiger partial charge in [0.15, 0.2) is 0 Å². The van der Waals surface area contributed by atoms with Gasteiger partial charge in [0.1, 0.15) is 0 Å². The van der Waals surface area contributed by atoms with Gasteiger partial charge in [0, 0.05) is 50.1 Å². The molecule has 0 unspecified atom stereocenters. The van der Waals surface area contributed by atoms with Gasteiger partial charge in [-0.3, -0.25) is 19.6 Å². The van der Waals surface area contributed by atoms with Crippen LogP contribution in [0.15, 0.2) is 70.6 Å². The van der Waals surface area contributed by atoms with E-state index in [1.807, 2.05) is 36.4 Å². The molecular weight excluding hydrogens is 452 g/mol. The van der Waals surface area contributed by atoms with Gasteiger partial charge in [0.25, 0.3) is 0 Å². The molecular formula is C28H28N6O2. The van der Waals surface area contributed by atoms with Gasteiger partial charge in [-0.25, -0.2) is 0 Å². The third-order valence-electron chi connectivity index (χ3n) is 6.25. The number of nitrogens with zero attached hydrogens (tertiary/aromatic N) is 2. The van der Waals surface area contributed by atoms with Crippen LogP contribution >= 0.6 is 0 Å². The van der Waals surface area contributed by atoms with Crippen LogP contribution in [0, 0.1) is 0 Å². The molecule has 2 amide bonds. The van der Waals surface area contributed by atoms with E-state index in [-0.39, 0.29) is 11.8 Å². The number of amides is 2. The largest absolute Gasteiger partial charge is 0.330 e. The fourth-order valence-corrected chi connectivity index (χ4v) is 4.46. The molecule has 2 aliphatic rings. The highest BCUT2D eigenvalue weighted by molar-refractivity contribution is 6.09. The number of anilines is 2. The molecule has 0 saturated heterocycles. The van der Waals surface area contributed by atoms with Crippen LogP contribution in [0.4, 0.5) is 22.7 Å². The van der Waals surface area contributed by atoms with Crippen molar-refractivity contribution in [2.24, 2.45) is 21.5 Å². The molecule has 8 nitrogen and oxygen atoms in total. The number of nitrogens with two attached hydrogens (primary N) is 2. The van der Waals surface area contributed by atoms with Crippen molar-refractivity contribution in [1.29, 1.82) is 0 Å². The minimum Gasteiger partial charge on any atom is -0.330 e. The number of nitrogens with one attached hydrogen (secondary N) is 2. The predicted octanol–water partition coefficient (Wildman–Crippen LogP) is 3.62. The lowest BCUT2D eigenvalue weighted by Gasteiger charge is -2.06. The molecule has 0 spiro atoms. The van der Waals surface area contributed by atoms with Gasteiger partial charge in [0.05, 0.1) is 22.8 Å². The van der Waals surface area contributed by atoms with E-state index in [1.54, 1.807) is 0 Å². The molecule has 3 aromatic carbocycles. The third kappa shape index (κ3) is 5.10. The highest BCUT2D eigenvalue weighted by Crippen LogP contribution is 2.33. The molecule has 2 aliphatic heterocycles. The van der Waals surface area contributed by atoms with Crippen LogP contribution in [0.25, 0.3) is 0 Å². The van der Waals surface area contributed by atoms with E-state index in [0.29, 0.717) is 38.8 Å². The van der Waals surface area contributed by atoms with Crippen molar-refractivity contribution >= 4 is 46.0 Å². The zero-order valence-corrected chi connectivity index (χ0v) is 19.9. The summed E-state index contributed by atoms with van der Waals surface area (Å²) in [7, 11) is 0. The molecule has 8 heteroatoms. The van der Waals surface area contributed by atoms with Crippen molar-refractivity contribution in [3.63, 3.8) is 0 Å². The quantitative estimate of drug-likeness (QED) is 0.392. The average molecular weight is 481 g/mol. The molecule has 0 bridgehead atoms. The summed E-state index contributed by atoms with van der Waals surface area (Å²) in [6.07, 6.45) is 2.02. The summed E-state index contributed by atoms with van der Waals surface area (Å²) in [5.41, 5.74) is 20.6. The van der Waals surface area contributed by atoms with Crippen LogP contribution < -0.4 is 22.1 Å². The van der Waals surface area contributed by atoms with E-state index in [2.05, 4.69) is 34.9 Å². The zero-order valence-electron chi connectivity index (χ0n) is 19.9. The van der Waals surface area contributed by atoms with Gasteiger partial charge in [-0.15, -0.1) is 0 Å². The Balaban J connectivity index is 1.24. The Bertz CT molecular complexity index is 1290. The smallest absolute Gasteiger partial charge is 0.225 e. The summed E-state index contributed by atoms with van der Waals surface area (Å²) in [6.45, 7) is 0.653. The second-order valence-corrected chi connectivity index (χ2v) is 8.91. The Morgan fingerprint density at radius 3 is 1.47 bits per heavy atom. The highest BCUT2D eigenvalue weighted by Gasteiger charge is 2.20. The molecule has 0 radical (unpaired) electrons. The first-order valence-electron chi connectivity index (χ1n) is 12.0. The highest BCUT2D eigenvalue weighted by atomic mass is 16.2. The molecule has 0 saturated carbocycles. The average Bonchev–Trinajstić information content (AvgIpc) is 3.48. The number of carbonyl (C=O) groups excluding carboxylic acids is 2. The number of rotatable bonds is 8. The van der Waals surface area contributed by atoms with Crippen molar-refractivity contribution in [3.8, 4) is 0 Å². The van der Waals surface area contributed by atoms with Crippen LogP contribution in [0.3, 0.4) is 0 Å². The Morgan fingerprint density at radius 2 is 1.08 bits per heavy atom. The van der Waals surface area contributed by atoms with E-state index in [0.717, 1.165) is 56.4 Å². The van der Waals surface area contributed by atoms with Crippen LogP contribution in [0.1, 0.15) is 35.1 Å². The van der Waals surface area contributed by atoms with Crippen LogP contribution in [0.5, 0.6) is 0 Å². The second-order valence-electron chi connectivity index (χ2n) is 8.91. The molecule has 0 fully saturated rings. The number of hydrogen-bond acceptors (Lipinski definition) is 6. The SMILES string of the molecule is NCCC(=O)Nc1ccc2c(c1)CC(c1ccc(C3=Nc4ccc(NC(=O)CCN)cc4C3)cc1)=N2. The van der Waals surface area contributed by atoms with Crippen LogP contribution in [-0.4, -0.2) is 36.3 Å². The van der Waals surface area contributed by atoms with Gasteiger partial charge in [-0.1, -0.05) is 24.3 Å². The molecule has 0 aliphatic carbocycles. The maximum atomic E-state index is 11.8. The first-order valence-corrected chi connectivity index (χ1v) is 12.0. The zero-order chi connectivity index (χ0) is 25.1. The molecule has 0 aromatic heterocycles. The predicted molar refractivity (Wildman–Crippen MR) is 144 cm³/mol. The van der Waals surface area contributed by atoms with Crippen molar-refractivity contribution in [2.45, 2.75) is 25.7 Å². The van der Waals surface area contributed by atoms with Gasteiger partial charge >= 0.3 is 0 Å². The van der Waals surface area contributed by atoms with E-state index in [4.69, 9.17) is 21.5 Å².